The summed E-state index contributed by atoms with van der Waals surface area (Å²) in [5, 5.41) is 0. The molecular weight excluding hydrogens is 880 g/mol. The Labute approximate surface area is 242 Å². The van der Waals surface area contributed by atoms with Gasteiger partial charge >= 0.3 is 0 Å². The van der Waals surface area contributed by atoms with Gasteiger partial charge in [0.2, 0.25) is 0 Å². The van der Waals surface area contributed by atoms with Gasteiger partial charge in [0.05, 0.1) is 0 Å². The van der Waals surface area contributed by atoms with Crippen LogP contribution in [0.25, 0.3) is 0 Å². The van der Waals surface area contributed by atoms with E-state index in [4.69, 9.17) is 0 Å². The van der Waals surface area contributed by atoms with Crippen LogP contribution in [0.5, 0.6) is 0 Å². The monoisotopic (exact) mass is 869 g/mol. The molecule has 0 bridgehead atoms. The molecule has 0 fully saturated rings. The fourth-order valence-corrected chi connectivity index (χ4v) is 0. The zero-order chi connectivity index (χ0) is 0. The molecule has 0 aromatic rings. The summed E-state index contributed by atoms with van der Waals surface area (Å²) in [6.45, 7) is 0. The van der Waals surface area contributed by atoms with Gasteiger partial charge in [0, 0.05) is 247 Å². The van der Waals surface area contributed by atoms with Crippen molar-refractivity contribution in [2.75, 3.05) is 0 Å². The van der Waals surface area contributed by atoms with Crippen molar-refractivity contribution < 1.29 is 247 Å². The first-order valence-electron chi connectivity index (χ1n) is 0. The van der Waals surface area contributed by atoms with Crippen LogP contribution in [0, 0.1) is 0 Å². The van der Waals surface area contributed by atoms with Crippen molar-refractivity contribution in [3.63, 3.8) is 0 Å². The van der Waals surface area contributed by atoms with E-state index in [0.29, 0.717) is 0 Å². The maximum atomic E-state index is 0. The molecule has 0 aromatic carbocycles. The Hall–Kier alpha value is 7.40. The minimum atomic E-state index is 0. The average Bonchev–Trinajstić information content (AvgIpc) is 0. The van der Waals surface area contributed by atoms with Crippen LogP contribution in [0.15, 0.2) is 0 Å². The molecule has 0 rings (SSSR count). The number of hydrogen-bond donors (Lipinski definition) is 0. The van der Waals surface area contributed by atoms with Crippen LogP contribution in [-0.4, -0.2) is 0 Å². The Morgan fingerprint density at radius 2 is 0.0667 bits per heavy atom. The molecule has 0 aliphatic rings. The van der Waals surface area contributed by atoms with Crippen molar-refractivity contribution in [2.24, 2.45) is 0 Å². The van der Waals surface area contributed by atoms with E-state index in [1.807, 2.05) is 0 Å². The third-order valence-corrected chi connectivity index (χ3v) is 0. The molecule has 15 heteroatoms. The predicted octanol–water partition coefficient (Wildman–Crippen LogP) is -0.0375. The largest absolute Gasteiger partial charge is 0 e. The Morgan fingerprint density at radius 1 is 0.0667 bits per heavy atom. The van der Waals surface area contributed by atoms with Gasteiger partial charge in [0.15, 0.2) is 0 Å². The topological polar surface area (TPSA) is 0 Å². The first-order valence-corrected chi connectivity index (χ1v) is 0. The molecule has 0 atom stereocenters. The normalized spacial score (nSPS) is 0. The summed E-state index contributed by atoms with van der Waals surface area (Å²) in [5.74, 6) is 0. The summed E-state index contributed by atoms with van der Waals surface area (Å²) in [5.41, 5.74) is 0. The van der Waals surface area contributed by atoms with Crippen LogP contribution >= 0.6 is 0 Å². The Balaban J connectivity index is 0. The second-order valence-corrected chi connectivity index (χ2v) is 0. The fraction of sp³-hybridized carbons (Fsp3) is 0. The van der Waals surface area contributed by atoms with Crippen LogP contribution in [0.3, 0.4) is 0 Å². The molecule has 0 N–H and O–H groups in total. The summed E-state index contributed by atoms with van der Waals surface area (Å²) < 4.78 is 0. The van der Waals surface area contributed by atoms with Crippen molar-refractivity contribution in [2.45, 2.75) is 0 Å². The van der Waals surface area contributed by atoms with E-state index in [2.05, 4.69) is 0 Å². The molecule has 0 radical (unpaired) electrons. The summed E-state index contributed by atoms with van der Waals surface area (Å²) in [6.07, 6.45) is 0. The van der Waals surface area contributed by atoms with Gasteiger partial charge in [-0.1, -0.05) is 0 Å². The average molecular weight is 880 g/mol. The van der Waals surface area contributed by atoms with Gasteiger partial charge in [-0.3, -0.25) is 0 Å². The quantitative estimate of drug-likeness (QED) is 0.301. The van der Waals surface area contributed by atoms with Crippen molar-refractivity contribution in [3.8, 4) is 0 Å². The molecule has 0 amide bonds. The van der Waals surface area contributed by atoms with E-state index in [1.54, 1.807) is 0 Å². The molecule has 0 aromatic heterocycles. The molecule has 150 valence electrons. The molecule has 0 saturated carbocycles. The third kappa shape index (κ3) is 147. The van der Waals surface area contributed by atoms with Crippen molar-refractivity contribution in [1.82, 2.24) is 0 Å². The Bertz CT molecular complexity index is 0. The van der Waals surface area contributed by atoms with E-state index >= 15 is 0 Å². The molecule has 0 aliphatic heterocycles. The third-order valence-electron chi connectivity index (χ3n) is 0. The van der Waals surface area contributed by atoms with Crippen LogP contribution in [0.1, 0.15) is 0 Å². The van der Waals surface area contributed by atoms with Gasteiger partial charge in [-0.2, -0.15) is 0 Å². The summed E-state index contributed by atoms with van der Waals surface area (Å²) >= 11 is 0. The molecule has 0 aliphatic carbocycles. The second kappa shape index (κ2) is 163. The van der Waals surface area contributed by atoms with E-state index in [9.17, 15) is 0 Å². The zero-order valence-corrected chi connectivity index (χ0v) is 19.6. The van der Waals surface area contributed by atoms with Gasteiger partial charge in [0.25, 0.3) is 0 Å². The van der Waals surface area contributed by atoms with E-state index in [1.165, 1.54) is 0 Å². The van der Waals surface area contributed by atoms with Crippen LogP contribution in [0.4, 0.5) is 0 Å². The van der Waals surface area contributed by atoms with Crippen molar-refractivity contribution in [3.05, 3.63) is 0 Å². The predicted molar refractivity (Wildman–Crippen MR) is 0 cm³/mol. The molecule has 0 saturated heterocycles. The van der Waals surface area contributed by atoms with Gasteiger partial charge < -0.3 is 0 Å². The van der Waals surface area contributed by atoms with Crippen LogP contribution in [0.2, 0.25) is 0 Å². The van der Waals surface area contributed by atoms with Gasteiger partial charge in [-0.25, -0.2) is 0 Å². The van der Waals surface area contributed by atoms with Crippen molar-refractivity contribution >= 4 is 0 Å². The minimum Gasteiger partial charge on any atom is 0 e. The summed E-state index contributed by atoms with van der Waals surface area (Å²) in [4.78, 5) is 0. The number of hydrogen-bond acceptors (Lipinski definition) is 0. The summed E-state index contributed by atoms with van der Waals surface area (Å²) in [6, 6.07) is 0. The fourth-order valence-electron chi connectivity index (χ4n) is 0. The molecule has 15 heavy (non-hydrogen) atoms. The molecule has 0 spiro atoms. The summed E-state index contributed by atoms with van der Waals surface area (Å²) in [7, 11) is 0. The molecule has 0 heterocycles. The standard InChI is InChI=1S/15Ni. The van der Waals surface area contributed by atoms with Gasteiger partial charge in [-0.05, 0) is 0 Å². The molecular formula is Ni15. The van der Waals surface area contributed by atoms with Crippen molar-refractivity contribution in [1.29, 1.82) is 0 Å². The number of rotatable bonds is 0. The molecule has 0 nitrogen and oxygen atoms in total. The van der Waals surface area contributed by atoms with Crippen LogP contribution in [-0.2, 0) is 247 Å². The second-order valence-electron chi connectivity index (χ2n) is 0. The molecule has 0 unspecified atom stereocenters. The Morgan fingerprint density at radius 3 is 0.0667 bits per heavy atom. The maximum absolute atomic E-state index is 0. The van der Waals surface area contributed by atoms with E-state index in [-0.39, 0.29) is 247 Å². The first-order chi connectivity index (χ1) is 0. The van der Waals surface area contributed by atoms with Gasteiger partial charge in [-0.15, -0.1) is 0 Å². The van der Waals surface area contributed by atoms with Crippen LogP contribution < -0.4 is 0 Å². The Kier molecular flexibility index (Phi) is 2030. The SMILES string of the molecule is [Ni].[Ni].[Ni].[Ni].[Ni].[Ni].[Ni].[Ni].[Ni].[Ni].[Ni].[Ni].[Ni].[Ni].[Ni]. The van der Waals surface area contributed by atoms with E-state index < -0.39 is 0 Å². The zero-order valence-electron chi connectivity index (χ0n) is 4.74. The first kappa shape index (κ1) is 187. The maximum Gasteiger partial charge on any atom is 0 e. The van der Waals surface area contributed by atoms with Gasteiger partial charge in [0.1, 0.15) is 0 Å². The minimum absolute atomic E-state index is 0. The smallest absolute Gasteiger partial charge is 0 e. The van der Waals surface area contributed by atoms with E-state index in [0.717, 1.165) is 0 Å².